The highest BCUT2D eigenvalue weighted by atomic mass is 19.4. The molecule has 5 nitrogen and oxygen atoms in total. The Morgan fingerprint density at radius 3 is 2.37 bits per heavy atom. The maximum absolute atomic E-state index is 14.5. The van der Waals surface area contributed by atoms with Gasteiger partial charge >= 0.3 is 12.1 Å². The third kappa shape index (κ3) is 4.25. The first kappa shape index (κ1) is 18.8. The van der Waals surface area contributed by atoms with Crippen molar-refractivity contribution < 1.29 is 27.1 Å². The minimum atomic E-state index is -4.77. The molecule has 2 aromatic carbocycles. The Morgan fingerprint density at radius 2 is 1.81 bits per heavy atom. The number of aromatic nitrogens is 2. The summed E-state index contributed by atoms with van der Waals surface area (Å²) in [5.74, 6) is -2.59. The number of nitrogens with zero attached hydrogens (tertiary/aromatic N) is 3. The number of para-hydroxylation sites is 1. The van der Waals surface area contributed by atoms with Gasteiger partial charge in [-0.25, -0.2) is 4.39 Å². The fourth-order valence-corrected chi connectivity index (χ4v) is 2.51. The standard InChI is InChI=1S/C18H15F4N3O2/c1-11(26)25(14-5-3-2-4-6-14)10-13-8-7-12(9-15(13)19)16-23-24-17(27-16)18(20,21)22/h2-9,11,26H,10H2,1H3. The van der Waals surface area contributed by atoms with Crippen molar-refractivity contribution >= 4 is 5.69 Å². The number of hydrogen-bond donors (Lipinski definition) is 1. The van der Waals surface area contributed by atoms with Gasteiger partial charge in [0, 0.05) is 23.4 Å². The second kappa shape index (κ2) is 7.36. The predicted molar refractivity (Wildman–Crippen MR) is 89.0 cm³/mol. The van der Waals surface area contributed by atoms with Crippen LogP contribution in [0.3, 0.4) is 0 Å². The van der Waals surface area contributed by atoms with Crippen molar-refractivity contribution in [1.82, 2.24) is 10.2 Å². The van der Waals surface area contributed by atoms with Crippen molar-refractivity contribution in [2.24, 2.45) is 0 Å². The Bertz CT molecular complexity index is 910. The first-order valence-corrected chi connectivity index (χ1v) is 7.95. The smallest absolute Gasteiger partial charge is 0.413 e. The van der Waals surface area contributed by atoms with E-state index in [1.165, 1.54) is 12.1 Å². The summed E-state index contributed by atoms with van der Waals surface area (Å²) < 4.78 is 56.7. The number of hydrogen-bond acceptors (Lipinski definition) is 5. The Hall–Kier alpha value is -2.94. The van der Waals surface area contributed by atoms with Crippen molar-refractivity contribution in [2.75, 3.05) is 4.90 Å². The lowest BCUT2D eigenvalue weighted by molar-refractivity contribution is -0.156. The summed E-state index contributed by atoms with van der Waals surface area (Å²) in [7, 11) is 0. The third-order valence-electron chi connectivity index (χ3n) is 3.85. The molecular weight excluding hydrogens is 366 g/mol. The number of rotatable bonds is 5. The SMILES string of the molecule is CC(O)N(Cc1ccc(-c2nnc(C(F)(F)F)o2)cc1F)c1ccccc1. The van der Waals surface area contributed by atoms with E-state index < -0.39 is 30.0 Å². The highest BCUT2D eigenvalue weighted by Crippen LogP contribution is 2.31. The summed E-state index contributed by atoms with van der Waals surface area (Å²) in [6.07, 6.45) is -5.64. The minimum Gasteiger partial charge on any atom is -0.413 e. The lowest BCUT2D eigenvalue weighted by atomic mass is 10.1. The molecule has 9 heteroatoms. The van der Waals surface area contributed by atoms with Crippen LogP contribution in [0.25, 0.3) is 11.5 Å². The maximum atomic E-state index is 14.5. The van der Waals surface area contributed by atoms with Gasteiger partial charge < -0.3 is 14.4 Å². The van der Waals surface area contributed by atoms with E-state index in [0.717, 1.165) is 6.07 Å². The molecule has 142 valence electrons. The van der Waals surface area contributed by atoms with Gasteiger partial charge in [-0.15, -0.1) is 10.2 Å². The molecule has 1 aromatic heterocycles. The Kier molecular flexibility index (Phi) is 5.13. The Morgan fingerprint density at radius 1 is 1.11 bits per heavy atom. The molecule has 1 heterocycles. The summed E-state index contributed by atoms with van der Waals surface area (Å²) in [6.45, 7) is 1.61. The molecule has 0 aliphatic heterocycles. The van der Waals surface area contributed by atoms with Gasteiger partial charge in [-0.3, -0.25) is 0 Å². The molecule has 3 rings (SSSR count). The molecule has 27 heavy (non-hydrogen) atoms. The fourth-order valence-electron chi connectivity index (χ4n) is 2.51. The van der Waals surface area contributed by atoms with Crippen LogP contribution in [0.2, 0.25) is 0 Å². The van der Waals surface area contributed by atoms with Gasteiger partial charge in [0.05, 0.1) is 0 Å². The van der Waals surface area contributed by atoms with Crippen molar-refractivity contribution in [3.8, 4) is 11.5 Å². The maximum Gasteiger partial charge on any atom is 0.470 e. The summed E-state index contributed by atoms with van der Waals surface area (Å²) >= 11 is 0. The van der Waals surface area contributed by atoms with Gasteiger partial charge in [0.2, 0.25) is 5.89 Å². The summed E-state index contributed by atoms with van der Waals surface area (Å²) in [5, 5.41) is 16.2. The molecule has 0 amide bonds. The molecule has 0 aliphatic carbocycles. The Labute approximate surface area is 151 Å². The molecule has 1 N–H and O–H groups in total. The summed E-state index contributed by atoms with van der Waals surface area (Å²) in [4.78, 5) is 1.58. The van der Waals surface area contributed by atoms with Crippen LogP contribution in [0, 0.1) is 5.82 Å². The van der Waals surface area contributed by atoms with Gasteiger partial charge in [-0.2, -0.15) is 13.2 Å². The molecule has 0 saturated heterocycles. The van der Waals surface area contributed by atoms with Crippen LogP contribution in [-0.4, -0.2) is 21.5 Å². The van der Waals surface area contributed by atoms with Crippen molar-refractivity contribution in [3.63, 3.8) is 0 Å². The van der Waals surface area contributed by atoms with E-state index in [0.29, 0.717) is 5.69 Å². The largest absolute Gasteiger partial charge is 0.470 e. The predicted octanol–water partition coefficient (Wildman–Crippen LogP) is 4.24. The van der Waals surface area contributed by atoms with Crippen LogP contribution in [0.1, 0.15) is 18.4 Å². The number of aliphatic hydroxyl groups excluding tert-OH is 1. The second-order valence-corrected chi connectivity index (χ2v) is 5.81. The molecule has 0 spiro atoms. The number of aliphatic hydroxyl groups is 1. The van der Waals surface area contributed by atoms with Gasteiger partial charge in [-0.1, -0.05) is 24.3 Å². The zero-order valence-corrected chi connectivity index (χ0v) is 14.1. The first-order chi connectivity index (χ1) is 12.8. The second-order valence-electron chi connectivity index (χ2n) is 5.81. The average molecular weight is 381 g/mol. The van der Waals surface area contributed by atoms with Gasteiger partial charge in [-0.05, 0) is 31.2 Å². The van der Waals surface area contributed by atoms with Crippen molar-refractivity contribution in [2.45, 2.75) is 25.9 Å². The van der Waals surface area contributed by atoms with Gasteiger partial charge in [0.25, 0.3) is 0 Å². The molecule has 0 saturated carbocycles. The van der Waals surface area contributed by atoms with E-state index in [1.807, 2.05) is 6.07 Å². The number of benzene rings is 2. The average Bonchev–Trinajstić information content (AvgIpc) is 3.11. The highest BCUT2D eigenvalue weighted by molar-refractivity contribution is 5.54. The van der Waals surface area contributed by atoms with E-state index in [1.54, 1.807) is 36.1 Å². The van der Waals surface area contributed by atoms with E-state index in [9.17, 15) is 22.7 Å². The lowest BCUT2D eigenvalue weighted by Crippen LogP contribution is -2.32. The summed E-state index contributed by atoms with van der Waals surface area (Å²) in [6, 6.07) is 12.8. The van der Waals surface area contributed by atoms with Crippen LogP contribution in [-0.2, 0) is 12.7 Å². The van der Waals surface area contributed by atoms with Crippen LogP contribution in [0.15, 0.2) is 52.9 Å². The quantitative estimate of drug-likeness (QED) is 0.529. The normalized spacial score (nSPS) is 12.8. The number of alkyl halides is 3. The highest BCUT2D eigenvalue weighted by Gasteiger charge is 2.38. The minimum absolute atomic E-state index is 0.0301. The molecule has 1 atom stereocenters. The summed E-state index contributed by atoms with van der Waals surface area (Å²) in [5.41, 5.74) is 0.976. The third-order valence-corrected chi connectivity index (χ3v) is 3.85. The van der Waals surface area contributed by atoms with E-state index >= 15 is 0 Å². The molecule has 1 unspecified atom stereocenters. The fraction of sp³-hybridized carbons (Fsp3) is 0.222. The zero-order valence-electron chi connectivity index (χ0n) is 14.1. The molecule has 0 bridgehead atoms. The number of anilines is 1. The molecule has 0 fully saturated rings. The van der Waals surface area contributed by atoms with Crippen LogP contribution < -0.4 is 4.90 Å². The van der Waals surface area contributed by atoms with E-state index in [4.69, 9.17) is 0 Å². The first-order valence-electron chi connectivity index (χ1n) is 7.95. The monoisotopic (exact) mass is 381 g/mol. The molecule has 0 aliphatic rings. The van der Waals surface area contributed by atoms with E-state index in [-0.39, 0.29) is 17.7 Å². The van der Waals surface area contributed by atoms with Crippen molar-refractivity contribution in [3.05, 3.63) is 65.8 Å². The van der Waals surface area contributed by atoms with Crippen LogP contribution in [0.5, 0.6) is 0 Å². The lowest BCUT2D eigenvalue weighted by Gasteiger charge is -2.28. The zero-order chi connectivity index (χ0) is 19.6. The van der Waals surface area contributed by atoms with Gasteiger partial charge in [0.15, 0.2) is 0 Å². The van der Waals surface area contributed by atoms with Gasteiger partial charge in [0.1, 0.15) is 12.0 Å². The Balaban J connectivity index is 1.85. The molecule has 3 aromatic rings. The number of halogens is 4. The van der Waals surface area contributed by atoms with Crippen LogP contribution in [0.4, 0.5) is 23.2 Å². The van der Waals surface area contributed by atoms with E-state index in [2.05, 4.69) is 14.6 Å². The van der Waals surface area contributed by atoms with Crippen molar-refractivity contribution in [1.29, 1.82) is 0 Å². The molecular formula is C18H15F4N3O2. The molecule has 0 radical (unpaired) electrons. The topological polar surface area (TPSA) is 62.4 Å². The van der Waals surface area contributed by atoms with Crippen LogP contribution >= 0.6 is 0 Å².